The normalized spacial score (nSPS) is 26.2. The predicted octanol–water partition coefficient (Wildman–Crippen LogP) is 3.10. The lowest BCUT2D eigenvalue weighted by Crippen LogP contribution is -2.20. The zero-order chi connectivity index (χ0) is 20.4. The molecular weight excluding hydrogens is 356 g/mol. The molecule has 1 aromatic carbocycles. The number of carbonyl (C=O) groups is 1. The zero-order valence-corrected chi connectivity index (χ0v) is 16.2. The Morgan fingerprint density at radius 3 is 2.61 bits per heavy atom. The standard InChI is InChI=1S/C23H32O5/c24-18(13-12-17-8-4-3-5-9-17)14-15-20-19(21(25)16-22(20)26)10-6-1-2-7-11-23(27)28/h1,3-6,8-9,14-15,18-22,24-26H,2,7,10-13,16H2,(H,27,28)/b6-1?,15-14+/t18-,19+,20+,21-,22+/m0/s1. The molecule has 0 aliphatic heterocycles. The minimum Gasteiger partial charge on any atom is -0.481 e. The summed E-state index contributed by atoms with van der Waals surface area (Å²) < 4.78 is 0. The van der Waals surface area contributed by atoms with Crippen molar-refractivity contribution in [3.05, 3.63) is 60.2 Å². The first-order chi connectivity index (χ1) is 13.5. The average molecular weight is 389 g/mol. The minimum absolute atomic E-state index is 0.0942. The first-order valence-electron chi connectivity index (χ1n) is 10.1. The number of aliphatic carboxylic acids is 1. The van der Waals surface area contributed by atoms with Gasteiger partial charge in [0, 0.05) is 18.8 Å². The number of aliphatic hydroxyl groups excluding tert-OH is 3. The average Bonchev–Trinajstić information content (AvgIpc) is 2.94. The molecule has 0 radical (unpaired) electrons. The van der Waals surface area contributed by atoms with E-state index in [1.165, 1.54) is 5.56 Å². The molecule has 1 fully saturated rings. The molecule has 0 aromatic heterocycles. The topological polar surface area (TPSA) is 98.0 Å². The van der Waals surface area contributed by atoms with Crippen LogP contribution < -0.4 is 0 Å². The van der Waals surface area contributed by atoms with Crippen molar-refractivity contribution < 1.29 is 25.2 Å². The van der Waals surface area contributed by atoms with Gasteiger partial charge < -0.3 is 20.4 Å². The minimum atomic E-state index is -0.793. The molecule has 0 unspecified atom stereocenters. The van der Waals surface area contributed by atoms with E-state index in [-0.39, 0.29) is 18.3 Å². The van der Waals surface area contributed by atoms with Crippen LogP contribution in [0.2, 0.25) is 0 Å². The summed E-state index contributed by atoms with van der Waals surface area (Å²) in [5.74, 6) is -1.08. The molecule has 0 spiro atoms. The SMILES string of the molecule is O=C(O)CCCC=CC[C@@H]1[C@@H](/C=C/[C@@H](O)CCc2ccccc2)[C@H](O)C[C@@H]1O. The van der Waals surface area contributed by atoms with Crippen LogP contribution in [-0.4, -0.2) is 44.7 Å². The molecule has 1 aromatic rings. The van der Waals surface area contributed by atoms with Crippen LogP contribution in [0.5, 0.6) is 0 Å². The highest BCUT2D eigenvalue weighted by atomic mass is 16.4. The number of allylic oxidation sites excluding steroid dienone is 2. The molecule has 154 valence electrons. The second-order valence-electron chi connectivity index (χ2n) is 7.58. The van der Waals surface area contributed by atoms with Crippen LogP contribution >= 0.6 is 0 Å². The molecule has 0 bridgehead atoms. The van der Waals surface area contributed by atoms with Crippen molar-refractivity contribution in [2.75, 3.05) is 0 Å². The second-order valence-corrected chi connectivity index (χ2v) is 7.58. The van der Waals surface area contributed by atoms with Crippen molar-refractivity contribution in [3.8, 4) is 0 Å². The Bertz CT molecular complexity index is 640. The molecule has 5 atom stereocenters. The summed E-state index contributed by atoms with van der Waals surface area (Å²) in [6.07, 6.45) is 9.51. The van der Waals surface area contributed by atoms with E-state index in [1.807, 2.05) is 48.6 Å². The van der Waals surface area contributed by atoms with E-state index in [0.717, 1.165) is 6.42 Å². The van der Waals surface area contributed by atoms with Gasteiger partial charge in [0.25, 0.3) is 0 Å². The molecule has 5 nitrogen and oxygen atoms in total. The number of carboxylic acid groups (broad SMARTS) is 1. The summed E-state index contributed by atoms with van der Waals surface area (Å²) in [6, 6.07) is 9.99. The molecule has 5 heteroatoms. The van der Waals surface area contributed by atoms with Crippen molar-refractivity contribution in [3.63, 3.8) is 0 Å². The molecule has 1 aliphatic carbocycles. The lowest BCUT2D eigenvalue weighted by atomic mass is 9.89. The van der Waals surface area contributed by atoms with Gasteiger partial charge in [0.05, 0.1) is 18.3 Å². The van der Waals surface area contributed by atoms with Crippen LogP contribution in [0.1, 0.15) is 44.1 Å². The van der Waals surface area contributed by atoms with Gasteiger partial charge in [-0.05, 0) is 43.6 Å². The fourth-order valence-corrected chi connectivity index (χ4v) is 3.76. The van der Waals surface area contributed by atoms with E-state index in [0.29, 0.717) is 32.1 Å². The Morgan fingerprint density at radius 1 is 1.14 bits per heavy atom. The van der Waals surface area contributed by atoms with E-state index in [1.54, 1.807) is 6.08 Å². The highest BCUT2D eigenvalue weighted by Crippen LogP contribution is 2.36. The van der Waals surface area contributed by atoms with Crippen LogP contribution in [0.25, 0.3) is 0 Å². The molecule has 0 amide bonds. The van der Waals surface area contributed by atoms with Gasteiger partial charge in [-0.3, -0.25) is 4.79 Å². The first kappa shape index (κ1) is 22.3. The third-order valence-corrected chi connectivity index (χ3v) is 5.38. The van der Waals surface area contributed by atoms with E-state index in [4.69, 9.17) is 5.11 Å². The van der Waals surface area contributed by atoms with Crippen molar-refractivity contribution in [2.45, 2.75) is 63.3 Å². The van der Waals surface area contributed by atoms with Gasteiger partial charge in [-0.15, -0.1) is 0 Å². The Kier molecular flexibility index (Phi) is 9.41. The summed E-state index contributed by atoms with van der Waals surface area (Å²) in [5, 5.41) is 39.4. The number of carboxylic acids is 1. The maximum Gasteiger partial charge on any atom is 0.303 e. The quantitative estimate of drug-likeness (QED) is 0.345. The summed E-state index contributed by atoms with van der Waals surface area (Å²) in [4.78, 5) is 10.5. The van der Waals surface area contributed by atoms with Crippen LogP contribution in [0, 0.1) is 11.8 Å². The van der Waals surface area contributed by atoms with E-state index in [9.17, 15) is 20.1 Å². The summed E-state index contributed by atoms with van der Waals surface area (Å²) >= 11 is 0. The van der Waals surface area contributed by atoms with Gasteiger partial charge in [0.2, 0.25) is 0 Å². The highest BCUT2D eigenvalue weighted by Gasteiger charge is 2.39. The lowest BCUT2D eigenvalue weighted by Gasteiger charge is -2.19. The van der Waals surface area contributed by atoms with E-state index in [2.05, 4.69) is 0 Å². The Hall–Kier alpha value is -1.95. The number of aliphatic hydroxyl groups is 3. The van der Waals surface area contributed by atoms with Gasteiger partial charge in [-0.25, -0.2) is 0 Å². The van der Waals surface area contributed by atoms with Crippen molar-refractivity contribution in [1.82, 2.24) is 0 Å². The molecule has 2 rings (SSSR count). The second kappa shape index (κ2) is 11.8. The van der Waals surface area contributed by atoms with Crippen LogP contribution in [-0.2, 0) is 11.2 Å². The molecule has 0 saturated heterocycles. The third kappa shape index (κ3) is 7.58. The largest absolute Gasteiger partial charge is 0.481 e. The van der Waals surface area contributed by atoms with Crippen LogP contribution in [0.4, 0.5) is 0 Å². The molecule has 4 N–H and O–H groups in total. The van der Waals surface area contributed by atoms with Crippen molar-refractivity contribution in [1.29, 1.82) is 0 Å². The number of aryl methyl sites for hydroxylation is 1. The number of benzene rings is 1. The van der Waals surface area contributed by atoms with Gasteiger partial charge in [-0.1, -0.05) is 54.6 Å². The first-order valence-corrected chi connectivity index (χ1v) is 10.1. The van der Waals surface area contributed by atoms with E-state index < -0.39 is 24.3 Å². The Morgan fingerprint density at radius 2 is 1.89 bits per heavy atom. The molecule has 28 heavy (non-hydrogen) atoms. The monoisotopic (exact) mass is 388 g/mol. The number of rotatable bonds is 11. The number of unbranched alkanes of at least 4 members (excludes halogenated alkanes) is 1. The summed E-state index contributed by atoms with van der Waals surface area (Å²) in [6.45, 7) is 0. The van der Waals surface area contributed by atoms with Gasteiger partial charge in [0.1, 0.15) is 0 Å². The fraction of sp³-hybridized carbons (Fsp3) is 0.522. The molecule has 1 saturated carbocycles. The van der Waals surface area contributed by atoms with Crippen molar-refractivity contribution in [2.24, 2.45) is 11.8 Å². The van der Waals surface area contributed by atoms with Crippen LogP contribution in [0.15, 0.2) is 54.6 Å². The molecule has 0 heterocycles. The summed E-state index contributed by atoms with van der Waals surface area (Å²) in [5.41, 5.74) is 1.18. The molecule has 1 aliphatic rings. The lowest BCUT2D eigenvalue weighted by molar-refractivity contribution is -0.137. The van der Waals surface area contributed by atoms with Gasteiger partial charge in [-0.2, -0.15) is 0 Å². The number of hydrogen-bond acceptors (Lipinski definition) is 4. The Labute approximate surface area is 167 Å². The highest BCUT2D eigenvalue weighted by molar-refractivity contribution is 5.66. The Balaban J connectivity index is 1.82. The number of hydrogen-bond donors (Lipinski definition) is 4. The smallest absolute Gasteiger partial charge is 0.303 e. The molecular formula is C23H32O5. The zero-order valence-electron chi connectivity index (χ0n) is 16.2. The fourth-order valence-electron chi connectivity index (χ4n) is 3.76. The predicted molar refractivity (Wildman–Crippen MR) is 109 cm³/mol. The van der Waals surface area contributed by atoms with Gasteiger partial charge in [0.15, 0.2) is 0 Å². The van der Waals surface area contributed by atoms with Crippen LogP contribution in [0.3, 0.4) is 0 Å². The van der Waals surface area contributed by atoms with E-state index >= 15 is 0 Å². The maximum atomic E-state index is 10.5. The maximum absolute atomic E-state index is 10.5. The van der Waals surface area contributed by atoms with Crippen molar-refractivity contribution >= 4 is 5.97 Å². The van der Waals surface area contributed by atoms with Gasteiger partial charge >= 0.3 is 5.97 Å². The summed E-state index contributed by atoms with van der Waals surface area (Å²) in [7, 11) is 0. The third-order valence-electron chi connectivity index (χ3n) is 5.38.